The zero-order valence-electron chi connectivity index (χ0n) is 15.6. The molecule has 0 spiro atoms. The largest absolute Gasteiger partial charge is 0.275 e. The van der Waals surface area contributed by atoms with Crippen LogP contribution in [0.4, 0.5) is 0 Å². The van der Waals surface area contributed by atoms with Crippen LogP contribution in [0, 0.1) is 20.8 Å². The number of hydrogen-bond acceptors (Lipinski definition) is 2. The molecule has 1 radical (unpaired) electrons. The summed E-state index contributed by atoms with van der Waals surface area (Å²) in [5, 5.41) is 9.19. The summed E-state index contributed by atoms with van der Waals surface area (Å²) in [6, 6.07) is 24.9. The van der Waals surface area contributed by atoms with Gasteiger partial charge in [0, 0.05) is 31.2 Å². The molecule has 0 aliphatic rings. The average Bonchev–Trinajstić information content (AvgIpc) is 3.07. The normalized spacial score (nSPS) is 10.5. The first-order valence-corrected chi connectivity index (χ1v) is 8.80. The van der Waals surface area contributed by atoms with Crippen LogP contribution in [0.25, 0.3) is 28.5 Å². The second kappa shape index (κ2) is 7.99. The van der Waals surface area contributed by atoms with Crippen molar-refractivity contribution in [1.29, 1.82) is 0 Å². The molecule has 3 aromatic carbocycles. The zero-order chi connectivity index (χ0) is 18.1. The van der Waals surface area contributed by atoms with E-state index in [0.717, 1.165) is 28.5 Å². The van der Waals surface area contributed by atoms with E-state index in [1.165, 1.54) is 16.7 Å². The standard InChI is InChI=1S/C23H21N3.Ir/c1-16-10-7-8-15-20(16)26-22(19-13-5-4-6-14-19)24-25-23(26)21-17(2)11-9-12-18(21)3;/h4-15H,1-3H3;. The molecule has 27 heavy (non-hydrogen) atoms. The molecule has 0 atom stereocenters. The quantitative estimate of drug-likeness (QED) is 0.348. The molecule has 0 aliphatic carbocycles. The fourth-order valence-electron chi connectivity index (χ4n) is 3.43. The van der Waals surface area contributed by atoms with Gasteiger partial charge in [-0.3, -0.25) is 4.57 Å². The Balaban J connectivity index is 0.00000210. The van der Waals surface area contributed by atoms with E-state index in [4.69, 9.17) is 0 Å². The number of rotatable bonds is 3. The van der Waals surface area contributed by atoms with E-state index in [-0.39, 0.29) is 20.1 Å². The van der Waals surface area contributed by atoms with E-state index < -0.39 is 0 Å². The van der Waals surface area contributed by atoms with Crippen LogP contribution in [-0.4, -0.2) is 14.8 Å². The predicted molar refractivity (Wildman–Crippen MR) is 106 cm³/mol. The van der Waals surface area contributed by atoms with Gasteiger partial charge in [0.05, 0.1) is 5.69 Å². The van der Waals surface area contributed by atoms with Gasteiger partial charge in [-0.25, -0.2) is 0 Å². The first kappa shape index (κ1) is 19.2. The molecule has 137 valence electrons. The Morgan fingerprint density at radius 1 is 0.593 bits per heavy atom. The maximum Gasteiger partial charge on any atom is 0.169 e. The Labute approximate surface area is 173 Å². The molecule has 0 bridgehead atoms. The van der Waals surface area contributed by atoms with Gasteiger partial charge in [-0.15, -0.1) is 10.2 Å². The fraction of sp³-hybridized carbons (Fsp3) is 0.130. The van der Waals surface area contributed by atoms with E-state index in [0.29, 0.717) is 0 Å². The maximum atomic E-state index is 4.61. The van der Waals surface area contributed by atoms with Crippen LogP contribution < -0.4 is 0 Å². The van der Waals surface area contributed by atoms with Crippen molar-refractivity contribution in [2.45, 2.75) is 20.8 Å². The smallest absolute Gasteiger partial charge is 0.169 e. The number of para-hydroxylation sites is 1. The second-order valence-corrected chi connectivity index (χ2v) is 6.60. The van der Waals surface area contributed by atoms with Crippen molar-refractivity contribution in [3.8, 4) is 28.5 Å². The Morgan fingerprint density at radius 2 is 1.15 bits per heavy atom. The van der Waals surface area contributed by atoms with Gasteiger partial charge in [-0.05, 0) is 43.5 Å². The van der Waals surface area contributed by atoms with Crippen molar-refractivity contribution < 1.29 is 20.1 Å². The van der Waals surface area contributed by atoms with E-state index in [1.807, 2.05) is 18.2 Å². The summed E-state index contributed by atoms with van der Waals surface area (Å²) < 4.78 is 2.18. The van der Waals surface area contributed by atoms with Gasteiger partial charge in [-0.1, -0.05) is 66.7 Å². The van der Waals surface area contributed by atoms with Crippen LogP contribution in [0.1, 0.15) is 16.7 Å². The van der Waals surface area contributed by atoms with Crippen molar-refractivity contribution in [3.63, 3.8) is 0 Å². The van der Waals surface area contributed by atoms with Crippen molar-refractivity contribution in [3.05, 3.63) is 89.5 Å². The molecule has 0 aliphatic heterocycles. The summed E-state index contributed by atoms with van der Waals surface area (Å²) in [5.41, 5.74) is 6.90. The molecule has 0 N–H and O–H groups in total. The van der Waals surface area contributed by atoms with Gasteiger partial charge < -0.3 is 0 Å². The molecule has 0 unspecified atom stereocenters. The summed E-state index contributed by atoms with van der Waals surface area (Å²) in [4.78, 5) is 0. The molecule has 0 amide bonds. The average molecular weight is 532 g/mol. The number of hydrogen-bond donors (Lipinski definition) is 0. The van der Waals surface area contributed by atoms with Gasteiger partial charge in [-0.2, -0.15) is 0 Å². The van der Waals surface area contributed by atoms with Crippen LogP contribution in [0.3, 0.4) is 0 Å². The van der Waals surface area contributed by atoms with E-state index in [9.17, 15) is 0 Å². The molecule has 0 saturated carbocycles. The first-order chi connectivity index (χ1) is 12.7. The Hall–Kier alpha value is -2.55. The minimum Gasteiger partial charge on any atom is -0.275 e. The number of aromatic nitrogens is 3. The molecule has 0 fully saturated rings. The van der Waals surface area contributed by atoms with Gasteiger partial charge in [0.25, 0.3) is 0 Å². The summed E-state index contributed by atoms with van der Waals surface area (Å²) in [7, 11) is 0. The minimum absolute atomic E-state index is 0. The Morgan fingerprint density at radius 3 is 1.81 bits per heavy atom. The molecule has 3 nitrogen and oxygen atoms in total. The summed E-state index contributed by atoms with van der Waals surface area (Å²) in [6.45, 7) is 6.38. The number of aryl methyl sites for hydroxylation is 3. The van der Waals surface area contributed by atoms with Gasteiger partial charge in [0.2, 0.25) is 0 Å². The van der Waals surface area contributed by atoms with Crippen molar-refractivity contribution in [1.82, 2.24) is 14.8 Å². The molecule has 0 saturated heterocycles. The third kappa shape index (κ3) is 3.51. The summed E-state index contributed by atoms with van der Waals surface area (Å²) in [6.07, 6.45) is 0. The minimum atomic E-state index is 0. The topological polar surface area (TPSA) is 30.7 Å². The SMILES string of the molecule is Cc1ccccc1-n1c(-c2ccccc2)nnc1-c1c(C)cccc1C.[Ir]. The number of benzene rings is 3. The van der Waals surface area contributed by atoms with E-state index in [1.54, 1.807) is 0 Å². The van der Waals surface area contributed by atoms with Crippen molar-refractivity contribution >= 4 is 0 Å². The fourth-order valence-corrected chi connectivity index (χ4v) is 3.43. The summed E-state index contributed by atoms with van der Waals surface area (Å²) >= 11 is 0. The monoisotopic (exact) mass is 532 g/mol. The molecule has 4 heteroatoms. The van der Waals surface area contributed by atoms with Crippen LogP contribution in [-0.2, 0) is 20.1 Å². The van der Waals surface area contributed by atoms with Gasteiger partial charge >= 0.3 is 0 Å². The second-order valence-electron chi connectivity index (χ2n) is 6.60. The third-order valence-corrected chi connectivity index (χ3v) is 4.76. The third-order valence-electron chi connectivity index (χ3n) is 4.76. The number of nitrogens with zero attached hydrogens (tertiary/aromatic N) is 3. The van der Waals surface area contributed by atoms with Crippen LogP contribution in [0.15, 0.2) is 72.8 Å². The molecular formula is C23H21IrN3. The molecular weight excluding hydrogens is 510 g/mol. The Kier molecular flexibility index (Phi) is 5.69. The molecule has 1 aromatic heterocycles. The zero-order valence-corrected chi connectivity index (χ0v) is 18.0. The Bertz CT molecular complexity index is 1050. The van der Waals surface area contributed by atoms with Gasteiger partial charge in [0.15, 0.2) is 11.6 Å². The van der Waals surface area contributed by atoms with Crippen molar-refractivity contribution in [2.75, 3.05) is 0 Å². The molecule has 1 heterocycles. The maximum absolute atomic E-state index is 4.61. The van der Waals surface area contributed by atoms with Crippen LogP contribution in [0.5, 0.6) is 0 Å². The van der Waals surface area contributed by atoms with Gasteiger partial charge in [0.1, 0.15) is 0 Å². The van der Waals surface area contributed by atoms with E-state index >= 15 is 0 Å². The first-order valence-electron chi connectivity index (χ1n) is 8.80. The van der Waals surface area contributed by atoms with Crippen molar-refractivity contribution in [2.24, 2.45) is 0 Å². The predicted octanol–water partition coefficient (Wildman–Crippen LogP) is 5.52. The van der Waals surface area contributed by atoms with Crippen LogP contribution in [0.2, 0.25) is 0 Å². The summed E-state index contributed by atoms with van der Waals surface area (Å²) in [5.74, 6) is 1.74. The molecule has 4 rings (SSSR count). The van der Waals surface area contributed by atoms with Crippen LogP contribution >= 0.6 is 0 Å². The molecule has 4 aromatic rings. The van der Waals surface area contributed by atoms with E-state index in [2.05, 4.69) is 90.1 Å².